The van der Waals surface area contributed by atoms with Crippen LogP contribution in [0.3, 0.4) is 0 Å². The van der Waals surface area contributed by atoms with Gasteiger partial charge in [-0.2, -0.15) is 5.10 Å². The number of carbonyl (C=O) groups is 2. The molecule has 2 amide bonds. The lowest BCUT2D eigenvalue weighted by Gasteiger charge is -2.47. The van der Waals surface area contributed by atoms with Crippen molar-refractivity contribution in [2.75, 3.05) is 39.9 Å². The largest absolute Gasteiger partial charge is 0.385 e. The van der Waals surface area contributed by atoms with Crippen molar-refractivity contribution < 1.29 is 14.3 Å². The fourth-order valence-corrected chi connectivity index (χ4v) is 4.54. The number of piperidine rings is 2. The highest BCUT2D eigenvalue weighted by atomic mass is 16.5. The van der Waals surface area contributed by atoms with Crippen molar-refractivity contribution in [3.63, 3.8) is 0 Å². The van der Waals surface area contributed by atoms with E-state index < -0.39 is 0 Å². The van der Waals surface area contributed by atoms with Gasteiger partial charge in [-0.15, -0.1) is 0 Å². The van der Waals surface area contributed by atoms with Gasteiger partial charge in [0, 0.05) is 59.1 Å². The van der Waals surface area contributed by atoms with Crippen LogP contribution in [-0.2, 0) is 16.6 Å². The molecule has 1 aromatic heterocycles. The van der Waals surface area contributed by atoms with Crippen molar-refractivity contribution in [3.8, 4) is 0 Å². The van der Waals surface area contributed by atoms with Crippen LogP contribution in [0, 0.1) is 19.3 Å². The van der Waals surface area contributed by atoms with E-state index in [-0.39, 0.29) is 17.2 Å². The van der Waals surface area contributed by atoms with E-state index in [0.29, 0.717) is 13.0 Å². The average molecular weight is 377 g/mol. The lowest BCUT2D eigenvalue weighted by molar-refractivity contribution is -0.139. The van der Waals surface area contributed by atoms with E-state index in [1.54, 1.807) is 11.8 Å². The van der Waals surface area contributed by atoms with Crippen molar-refractivity contribution in [2.45, 2.75) is 46.0 Å². The van der Waals surface area contributed by atoms with Crippen LogP contribution in [-0.4, -0.2) is 71.3 Å². The third-order valence-electron chi connectivity index (χ3n) is 6.36. The van der Waals surface area contributed by atoms with Crippen LogP contribution in [0.1, 0.15) is 53.8 Å². The summed E-state index contributed by atoms with van der Waals surface area (Å²) in [6, 6.07) is 0. The van der Waals surface area contributed by atoms with E-state index in [9.17, 15) is 9.59 Å². The van der Waals surface area contributed by atoms with Gasteiger partial charge in [0.2, 0.25) is 5.91 Å². The number of carbonyl (C=O) groups excluding carboxylic acids is 2. The predicted octanol–water partition coefficient (Wildman–Crippen LogP) is 1.92. The van der Waals surface area contributed by atoms with E-state index in [2.05, 4.69) is 5.10 Å². The van der Waals surface area contributed by atoms with Gasteiger partial charge in [0.25, 0.3) is 5.91 Å². The topological polar surface area (TPSA) is 67.7 Å². The van der Waals surface area contributed by atoms with Gasteiger partial charge < -0.3 is 14.5 Å². The molecule has 2 saturated heterocycles. The molecule has 0 atom stereocenters. The molecule has 0 aromatic carbocycles. The number of hydrogen-bond donors (Lipinski definition) is 0. The molecule has 0 N–H and O–H groups in total. The normalized spacial score (nSPS) is 19.8. The number of amides is 2. The van der Waals surface area contributed by atoms with Gasteiger partial charge in [0.05, 0.1) is 11.3 Å². The first kappa shape index (κ1) is 19.9. The summed E-state index contributed by atoms with van der Waals surface area (Å²) in [5.41, 5.74) is 2.63. The maximum absolute atomic E-state index is 13.0. The number of nitrogens with zero attached hydrogens (tertiary/aromatic N) is 4. The van der Waals surface area contributed by atoms with E-state index in [4.69, 9.17) is 4.74 Å². The smallest absolute Gasteiger partial charge is 0.257 e. The summed E-state index contributed by atoms with van der Waals surface area (Å²) in [6.45, 7) is 7.63. The summed E-state index contributed by atoms with van der Waals surface area (Å²) in [5, 5.41) is 4.38. The minimum absolute atomic E-state index is 0.0942. The zero-order chi connectivity index (χ0) is 19.6. The van der Waals surface area contributed by atoms with Crippen molar-refractivity contribution in [2.24, 2.45) is 12.5 Å². The number of ether oxygens (including phenoxy) is 1. The lowest BCUT2D eigenvalue weighted by atomic mass is 9.72. The van der Waals surface area contributed by atoms with Gasteiger partial charge in [0.1, 0.15) is 0 Å². The van der Waals surface area contributed by atoms with Gasteiger partial charge in [-0.05, 0) is 44.9 Å². The third kappa shape index (κ3) is 4.03. The second kappa shape index (κ2) is 8.00. The van der Waals surface area contributed by atoms with Crippen molar-refractivity contribution in [1.29, 1.82) is 0 Å². The number of rotatable bonds is 5. The van der Waals surface area contributed by atoms with Crippen LogP contribution in [0.15, 0.2) is 0 Å². The van der Waals surface area contributed by atoms with Gasteiger partial charge in [-0.1, -0.05) is 0 Å². The van der Waals surface area contributed by atoms with Crippen LogP contribution in [0.25, 0.3) is 0 Å². The Kier molecular flexibility index (Phi) is 5.89. The van der Waals surface area contributed by atoms with Crippen molar-refractivity contribution in [3.05, 3.63) is 17.0 Å². The second-order valence-corrected chi connectivity index (χ2v) is 8.12. The Labute approximate surface area is 161 Å². The Morgan fingerprint density at radius 2 is 1.93 bits per heavy atom. The van der Waals surface area contributed by atoms with Crippen LogP contribution >= 0.6 is 0 Å². The number of aromatic nitrogens is 2. The molecule has 2 aliphatic heterocycles. The Morgan fingerprint density at radius 1 is 1.22 bits per heavy atom. The van der Waals surface area contributed by atoms with Gasteiger partial charge in [-0.3, -0.25) is 14.3 Å². The molecule has 2 fully saturated rings. The van der Waals surface area contributed by atoms with Crippen LogP contribution < -0.4 is 0 Å². The van der Waals surface area contributed by atoms with Crippen LogP contribution in [0.2, 0.25) is 0 Å². The molecule has 3 rings (SSSR count). The first-order valence-electron chi connectivity index (χ1n) is 9.93. The van der Waals surface area contributed by atoms with E-state index >= 15 is 0 Å². The molecule has 3 heterocycles. The molecule has 1 aromatic rings. The molecular weight excluding hydrogens is 344 g/mol. The SMILES string of the molecule is COCCCN1CC2(CCC1=O)CCN(C(=O)c1c(C)nn(C)c1C)CC2. The number of methoxy groups -OCH3 is 1. The fourth-order valence-electron chi connectivity index (χ4n) is 4.54. The summed E-state index contributed by atoms with van der Waals surface area (Å²) in [6.07, 6.45) is 4.38. The quantitative estimate of drug-likeness (QED) is 0.737. The highest BCUT2D eigenvalue weighted by Gasteiger charge is 2.42. The number of hydrogen-bond acceptors (Lipinski definition) is 4. The zero-order valence-electron chi connectivity index (χ0n) is 17.1. The van der Waals surface area contributed by atoms with Gasteiger partial charge >= 0.3 is 0 Å². The molecule has 150 valence electrons. The fraction of sp³-hybridized carbons (Fsp3) is 0.750. The average Bonchev–Trinajstić information content (AvgIpc) is 2.90. The first-order chi connectivity index (χ1) is 12.9. The molecule has 1 spiro atoms. The second-order valence-electron chi connectivity index (χ2n) is 8.12. The molecule has 7 nitrogen and oxygen atoms in total. The Morgan fingerprint density at radius 3 is 2.52 bits per heavy atom. The molecule has 0 aliphatic carbocycles. The highest BCUT2D eigenvalue weighted by Crippen LogP contribution is 2.40. The maximum atomic E-state index is 13.0. The molecule has 7 heteroatoms. The van der Waals surface area contributed by atoms with Gasteiger partial charge in [-0.25, -0.2) is 0 Å². The van der Waals surface area contributed by atoms with E-state index in [0.717, 1.165) is 68.8 Å². The molecule has 2 aliphatic rings. The van der Waals surface area contributed by atoms with E-state index in [1.165, 1.54) is 0 Å². The Bertz CT molecular complexity index is 704. The van der Waals surface area contributed by atoms with Crippen LogP contribution in [0.5, 0.6) is 0 Å². The monoisotopic (exact) mass is 376 g/mol. The molecular formula is C20H32N4O3. The zero-order valence-corrected chi connectivity index (χ0v) is 17.1. The molecule has 0 unspecified atom stereocenters. The minimum atomic E-state index is 0.0942. The summed E-state index contributed by atoms with van der Waals surface area (Å²) in [5.74, 6) is 0.355. The molecule has 27 heavy (non-hydrogen) atoms. The third-order valence-corrected chi connectivity index (χ3v) is 6.36. The maximum Gasteiger partial charge on any atom is 0.257 e. The van der Waals surface area contributed by atoms with Crippen molar-refractivity contribution in [1.82, 2.24) is 19.6 Å². The molecule has 0 bridgehead atoms. The summed E-state index contributed by atoms with van der Waals surface area (Å²) < 4.78 is 6.90. The summed E-state index contributed by atoms with van der Waals surface area (Å²) in [7, 11) is 3.57. The number of aryl methyl sites for hydroxylation is 2. The summed E-state index contributed by atoms with van der Waals surface area (Å²) >= 11 is 0. The van der Waals surface area contributed by atoms with Crippen molar-refractivity contribution >= 4 is 11.8 Å². The summed E-state index contributed by atoms with van der Waals surface area (Å²) in [4.78, 5) is 29.2. The minimum Gasteiger partial charge on any atom is -0.385 e. The highest BCUT2D eigenvalue weighted by molar-refractivity contribution is 5.96. The van der Waals surface area contributed by atoms with Gasteiger partial charge in [0.15, 0.2) is 0 Å². The Balaban J connectivity index is 1.62. The van der Waals surface area contributed by atoms with E-state index in [1.807, 2.05) is 30.7 Å². The Hall–Kier alpha value is -1.89. The standard InChI is InChI=1S/C20H32N4O3/c1-15-18(16(2)22(3)21-15)19(26)23-11-8-20(9-12-23)7-6-17(25)24(14-20)10-5-13-27-4/h5-14H2,1-4H3. The first-order valence-corrected chi connectivity index (χ1v) is 9.93. The number of likely N-dealkylation sites (tertiary alicyclic amines) is 2. The molecule has 0 saturated carbocycles. The molecule has 0 radical (unpaired) electrons. The lowest BCUT2D eigenvalue weighted by Crippen LogP contribution is -2.52. The van der Waals surface area contributed by atoms with Crippen LogP contribution in [0.4, 0.5) is 0 Å². The predicted molar refractivity (Wildman–Crippen MR) is 103 cm³/mol.